The zero-order chi connectivity index (χ0) is 14.7. The quantitative estimate of drug-likeness (QED) is 0.755. The number of furan rings is 1. The molecule has 0 fully saturated rings. The molecular weight excluding hydrogens is 284 g/mol. The Labute approximate surface area is 127 Å². The van der Waals surface area contributed by atoms with E-state index in [0.29, 0.717) is 18.2 Å². The van der Waals surface area contributed by atoms with Crippen LogP contribution in [0.3, 0.4) is 0 Å². The molecule has 0 unspecified atom stereocenters. The topological polar surface area (TPSA) is 49.0 Å². The molecular formula is C17H13ClN2O. The molecule has 1 heterocycles. The molecule has 0 radical (unpaired) electrons. The third-order valence-electron chi connectivity index (χ3n) is 3.36. The molecule has 0 spiro atoms. The summed E-state index contributed by atoms with van der Waals surface area (Å²) in [4.78, 5) is 0. The summed E-state index contributed by atoms with van der Waals surface area (Å²) in [7, 11) is 0. The van der Waals surface area contributed by atoms with Gasteiger partial charge in [0.2, 0.25) is 0 Å². The van der Waals surface area contributed by atoms with Crippen LogP contribution in [0.5, 0.6) is 0 Å². The number of anilines is 1. The molecule has 0 aliphatic carbocycles. The fraction of sp³-hybridized carbons (Fsp3) is 0.118. The Hall–Kier alpha value is -2.44. The molecule has 104 valence electrons. The fourth-order valence-corrected chi connectivity index (χ4v) is 2.51. The number of para-hydroxylation sites is 1. The van der Waals surface area contributed by atoms with Gasteiger partial charge in [-0.1, -0.05) is 30.3 Å². The van der Waals surface area contributed by atoms with Crippen molar-refractivity contribution in [2.45, 2.75) is 13.0 Å². The summed E-state index contributed by atoms with van der Waals surface area (Å²) in [5.74, 6) is 0. The Morgan fingerprint density at radius 3 is 2.62 bits per heavy atom. The Balaban J connectivity index is 1.77. The van der Waals surface area contributed by atoms with Gasteiger partial charge in [-0.15, -0.1) is 0 Å². The standard InChI is InChI=1S/C17H13ClN2O/c18-17-15(14-3-1-2-4-16(14)21-17)11-20-13-7-5-12(6-8-13)9-10-19/h1-8,20H,9,11H2. The van der Waals surface area contributed by atoms with E-state index >= 15 is 0 Å². The van der Waals surface area contributed by atoms with E-state index in [-0.39, 0.29) is 0 Å². The van der Waals surface area contributed by atoms with Gasteiger partial charge in [0.05, 0.1) is 12.5 Å². The SMILES string of the molecule is N#CCc1ccc(NCc2c(Cl)oc3ccccc23)cc1. The van der Waals surface area contributed by atoms with Crippen molar-refractivity contribution < 1.29 is 4.42 Å². The van der Waals surface area contributed by atoms with Gasteiger partial charge in [-0.05, 0) is 35.4 Å². The maximum absolute atomic E-state index is 8.66. The predicted molar refractivity (Wildman–Crippen MR) is 84.3 cm³/mol. The van der Waals surface area contributed by atoms with E-state index in [1.807, 2.05) is 48.5 Å². The molecule has 4 heteroatoms. The lowest BCUT2D eigenvalue weighted by atomic mass is 10.1. The van der Waals surface area contributed by atoms with E-state index in [0.717, 1.165) is 27.8 Å². The van der Waals surface area contributed by atoms with Crippen LogP contribution in [0.1, 0.15) is 11.1 Å². The summed E-state index contributed by atoms with van der Waals surface area (Å²) < 4.78 is 5.53. The number of hydrogen-bond donors (Lipinski definition) is 1. The van der Waals surface area contributed by atoms with Crippen molar-refractivity contribution in [2.24, 2.45) is 0 Å². The Bertz CT molecular complexity index is 800. The number of nitriles is 1. The normalized spacial score (nSPS) is 10.5. The lowest BCUT2D eigenvalue weighted by Gasteiger charge is -2.06. The second-order valence-electron chi connectivity index (χ2n) is 4.74. The summed E-state index contributed by atoms with van der Waals surface area (Å²) in [5.41, 5.74) is 3.74. The summed E-state index contributed by atoms with van der Waals surface area (Å²) in [6.07, 6.45) is 0.429. The maximum Gasteiger partial charge on any atom is 0.199 e. The maximum atomic E-state index is 8.66. The molecule has 3 rings (SSSR count). The van der Waals surface area contributed by atoms with Gasteiger partial charge in [0.1, 0.15) is 5.58 Å². The molecule has 1 aromatic heterocycles. The van der Waals surface area contributed by atoms with Crippen LogP contribution in [0.15, 0.2) is 52.9 Å². The van der Waals surface area contributed by atoms with E-state index in [9.17, 15) is 0 Å². The van der Waals surface area contributed by atoms with Crippen LogP contribution in [0.25, 0.3) is 11.0 Å². The van der Waals surface area contributed by atoms with Crippen molar-refractivity contribution >= 4 is 28.3 Å². The van der Waals surface area contributed by atoms with Crippen molar-refractivity contribution in [3.05, 3.63) is 64.9 Å². The lowest BCUT2D eigenvalue weighted by molar-refractivity contribution is 0.613. The van der Waals surface area contributed by atoms with Crippen molar-refractivity contribution in [3.63, 3.8) is 0 Å². The Morgan fingerprint density at radius 2 is 1.86 bits per heavy atom. The number of nitrogens with one attached hydrogen (secondary N) is 1. The van der Waals surface area contributed by atoms with Crippen molar-refractivity contribution in [2.75, 3.05) is 5.32 Å². The number of rotatable bonds is 4. The van der Waals surface area contributed by atoms with Gasteiger partial charge in [-0.2, -0.15) is 5.26 Å². The highest BCUT2D eigenvalue weighted by Crippen LogP contribution is 2.30. The highest BCUT2D eigenvalue weighted by Gasteiger charge is 2.11. The van der Waals surface area contributed by atoms with Crippen molar-refractivity contribution in [1.29, 1.82) is 5.26 Å². The molecule has 0 bridgehead atoms. The molecule has 3 nitrogen and oxygen atoms in total. The van der Waals surface area contributed by atoms with Crippen LogP contribution in [-0.4, -0.2) is 0 Å². The minimum Gasteiger partial charge on any atom is -0.444 e. The zero-order valence-electron chi connectivity index (χ0n) is 11.3. The molecule has 0 aliphatic rings. The minimum atomic E-state index is 0.421. The number of hydrogen-bond acceptors (Lipinski definition) is 3. The van der Waals surface area contributed by atoms with Crippen molar-refractivity contribution in [1.82, 2.24) is 0 Å². The minimum absolute atomic E-state index is 0.421. The first kappa shape index (κ1) is 13.5. The van der Waals surface area contributed by atoms with Gasteiger partial charge in [-0.3, -0.25) is 0 Å². The number of fused-ring (bicyclic) bond motifs is 1. The molecule has 0 saturated heterocycles. The number of halogens is 1. The number of benzene rings is 2. The smallest absolute Gasteiger partial charge is 0.199 e. The van der Waals surface area contributed by atoms with E-state index in [1.165, 1.54) is 0 Å². The predicted octanol–water partition coefficient (Wildman–Crippen LogP) is 4.76. The third kappa shape index (κ3) is 2.86. The first-order chi connectivity index (χ1) is 10.3. The van der Waals surface area contributed by atoms with Crippen LogP contribution in [0.2, 0.25) is 5.22 Å². The summed E-state index contributed by atoms with van der Waals surface area (Å²) in [6.45, 7) is 0.591. The van der Waals surface area contributed by atoms with E-state index in [2.05, 4.69) is 11.4 Å². The highest BCUT2D eigenvalue weighted by molar-refractivity contribution is 6.30. The first-order valence-electron chi connectivity index (χ1n) is 6.63. The zero-order valence-corrected chi connectivity index (χ0v) is 12.0. The summed E-state index contributed by atoms with van der Waals surface area (Å²) >= 11 is 6.16. The van der Waals surface area contributed by atoms with Gasteiger partial charge >= 0.3 is 0 Å². The van der Waals surface area contributed by atoms with Gasteiger partial charge in [0.25, 0.3) is 0 Å². The molecule has 21 heavy (non-hydrogen) atoms. The Kier molecular flexibility index (Phi) is 3.81. The second kappa shape index (κ2) is 5.90. The molecule has 2 aromatic carbocycles. The molecule has 0 amide bonds. The Morgan fingerprint density at radius 1 is 1.10 bits per heavy atom. The van der Waals surface area contributed by atoms with Gasteiger partial charge in [0, 0.05) is 23.2 Å². The number of nitrogens with zero attached hydrogens (tertiary/aromatic N) is 1. The van der Waals surface area contributed by atoms with Gasteiger partial charge in [-0.25, -0.2) is 0 Å². The van der Waals surface area contributed by atoms with Gasteiger partial charge < -0.3 is 9.73 Å². The van der Waals surface area contributed by atoms with E-state index < -0.39 is 0 Å². The summed E-state index contributed by atoms with van der Waals surface area (Å²) in [5, 5.41) is 13.4. The molecule has 0 saturated carbocycles. The van der Waals surface area contributed by atoms with Crippen LogP contribution < -0.4 is 5.32 Å². The fourth-order valence-electron chi connectivity index (χ4n) is 2.26. The molecule has 3 aromatic rings. The van der Waals surface area contributed by atoms with Crippen LogP contribution in [0.4, 0.5) is 5.69 Å². The lowest BCUT2D eigenvalue weighted by Crippen LogP contribution is -1.99. The summed E-state index contributed by atoms with van der Waals surface area (Å²) in [6, 6.07) is 17.7. The van der Waals surface area contributed by atoms with Crippen LogP contribution in [0, 0.1) is 11.3 Å². The first-order valence-corrected chi connectivity index (χ1v) is 7.01. The highest BCUT2D eigenvalue weighted by atomic mass is 35.5. The van der Waals surface area contributed by atoms with Gasteiger partial charge in [0.15, 0.2) is 5.22 Å². The molecule has 0 aliphatic heterocycles. The van der Waals surface area contributed by atoms with Crippen LogP contribution in [-0.2, 0) is 13.0 Å². The average molecular weight is 297 g/mol. The monoisotopic (exact) mass is 296 g/mol. The largest absolute Gasteiger partial charge is 0.444 e. The molecule has 1 N–H and O–H groups in total. The average Bonchev–Trinajstić information content (AvgIpc) is 2.82. The van der Waals surface area contributed by atoms with Crippen LogP contribution >= 0.6 is 11.6 Å². The third-order valence-corrected chi connectivity index (χ3v) is 3.66. The molecule has 0 atom stereocenters. The van der Waals surface area contributed by atoms with Crippen molar-refractivity contribution in [3.8, 4) is 6.07 Å². The second-order valence-corrected chi connectivity index (χ2v) is 5.08. The van der Waals surface area contributed by atoms with E-state index in [1.54, 1.807) is 0 Å². The van der Waals surface area contributed by atoms with E-state index in [4.69, 9.17) is 21.3 Å².